The number of nitrogens with one attached hydrogen (secondary N) is 2. The van der Waals surface area contributed by atoms with E-state index in [1.165, 1.54) is 0 Å². The summed E-state index contributed by atoms with van der Waals surface area (Å²) in [5, 5.41) is 5.78. The first-order valence-corrected chi connectivity index (χ1v) is 5.48. The molecule has 0 aliphatic heterocycles. The van der Waals surface area contributed by atoms with Crippen LogP contribution in [0.2, 0.25) is 0 Å². The fourth-order valence-corrected chi connectivity index (χ4v) is 1.07. The molecule has 0 aliphatic rings. The quantitative estimate of drug-likeness (QED) is 0.816. The minimum Gasteiger partial charge on any atom is -0.366 e. The van der Waals surface area contributed by atoms with Crippen LogP contribution in [0.25, 0.3) is 0 Å². The fraction of sp³-hybridized carbons (Fsp3) is 0.636. The summed E-state index contributed by atoms with van der Waals surface area (Å²) in [5.74, 6) is 0.175. The third kappa shape index (κ3) is 3.52. The number of likely N-dealkylation sites (N-methyl/N-ethyl adjacent to an activating group) is 1. The monoisotopic (exact) mass is 241 g/mol. The SMILES string of the molecule is CNc1ncc(F)c(NCC(C)(C)N(C)C)n1. The van der Waals surface area contributed by atoms with Crippen LogP contribution in [0.1, 0.15) is 13.8 Å². The van der Waals surface area contributed by atoms with Crippen LogP contribution in [0.3, 0.4) is 0 Å². The maximum Gasteiger partial charge on any atom is 0.224 e. The second kappa shape index (κ2) is 5.27. The van der Waals surface area contributed by atoms with Gasteiger partial charge in [0.2, 0.25) is 5.95 Å². The van der Waals surface area contributed by atoms with Crippen molar-refractivity contribution in [3.05, 3.63) is 12.0 Å². The average Bonchev–Trinajstić information content (AvgIpc) is 2.28. The van der Waals surface area contributed by atoms with E-state index < -0.39 is 5.82 Å². The zero-order valence-electron chi connectivity index (χ0n) is 11.0. The normalized spacial score (nSPS) is 11.7. The summed E-state index contributed by atoms with van der Waals surface area (Å²) < 4.78 is 13.5. The van der Waals surface area contributed by atoms with Gasteiger partial charge in [0.05, 0.1) is 6.20 Å². The van der Waals surface area contributed by atoms with Crippen molar-refractivity contribution in [1.29, 1.82) is 0 Å². The number of hydrogen-bond donors (Lipinski definition) is 2. The van der Waals surface area contributed by atoms with Gasteiger partial charge < -0.3 is 15.5 Å². The maximum absolute atomic E-state index is 13.5. The zero-order chi connectivity index (χ0) is 13.1. The minimum atomic E-state index is -0.446. The van der Waals surface area contributed by atoms with Gasteiger partial charge in [-0.25, -0.2) is 9.37 Å². The lowest BCUT2D eigenvalue weighted by Crippen LogP contribution is -2.44. The van der Waals surface area contributed by atoms with Crippen molar-refractivity contribution >= 4 is 11.8 Å². The van der Waals surface area contributed by atoms with E-state index in [-0.39, 0.29) is 11.4 Å². The molecule has 1 aromatic rings. The molecule has 0 spiro atoms. The average molecular weight is 241 g/mol. The molecule has 1 rings (SSSR count). The Hall–Kier alpha value is -1.43. The van der Waals surface area contributed by atoms with Crippen molar-refractivity contribution in [2.24, 2.45) is 0 Å². The third-order valence-corrected chi connectivity index (χ3v) is 2.87. The molecule has 0 radical (unpaired) electrons. The Bertz CT molecular complexity index is 378. The van der Waals surface area contributed by atoms with Crippen LogP contribution < -0.4 is 10.6 Å². The molecule has 0 bridgehead atoms. The van der Waals surface area contributed by atoms with Gasteiger partial charge in [-0.3, -0.25) is 0 Å². The summed E-state index contributed by atoms with van der Waals surface area (Å²) in [6, 6.07) is 0. The van der Waals surface area contributed by atoms with E-state index in [4.69, 9.17) is 0 Å². The molecule has 0 unspecified atom stereocenters. The van der Waals surface area contributed by atoms with Crippen LogP contribution in [0.15, 0.2) is 6.20 Å². The zero-order valence-corrected chi connectivity index (χ0v) is 11.0. The van der Waals surface area contributed by atoms with Gasteiger partial charge in [0.1, 0.15) is 0 Å². The Balaban J connectivity index is 2.75. The van der Waals surface area contributed by atoms with E-state index in [0.717, 1.165) is 6.20 Å². The van der Waals surface area contributed by atoms with Crippen molar-refractivity contribution in [2.45, 2.75) is 19.4 Å². The fourth-order valence-electron chi connectivity index (χ4n) is 1.07. The Kier molecular flexibility index (Phi) is 4.22. The van der Waals surface area contributed by atoms with E-state index in [0.29, 0.717) is 12.5 Å². The molecule has 0 aromatic carbocycles. The van der Waals surface area contributed by atoms with E-state index in [1.54, 1.807) is 7.05 Å². The van der Waals surface area contributed by atoms with Crippen LogP contribution >= 0.6 is 0 Å². The molecule has 0 saturated heterocycles. The molecular weight excluding hydrogens is 221 g/mol. The Labute approximate surface area is 101 Å². The van der Waals surface area contributed by atoms with E-state index in [2.05, 4.69) is 39.3 Å². The van der Waals surface area contributed by atoms with Gasteiger partial charge in [-0.2, -0.15) is 4.98 Å². The molecule has 1 aromatic heterocycles. The molecule has 0 amide bonds. The number of rotatable bonds is 5. The van der Waals surface area contributed by atoms with Gasteiger partial charge in [-0.1, -0.05) is 0 Å². The molecule has 0 atom stereocenters. The lowest BCUT2D eigenvalue weighted by atomic mass is 10.0. The Morgan fingerprint density at radius 3 is 2.59 bits per heavy atom. The summed E-state index contributed by atoms with van der Waals surface area (Å²) in [4.78, 5) is 9.88. The molecule has 5 nitrogen and oxygen atoms in total. The topological polar surface area (TPSA) is 53.1 Å². The van der Waals surface area contributed by atoms with Gasteiger partial charge >= 0.3 is 0 Å². The predicted octanol–water partition coefficient (Wildman–Crippen LogP) is 1.41. The molecule has 6 heteroatoms. The first kappa shape index (κ1) is 13.6. The van der Waals surface area contributed by atoms with Gasteiger partial charge in [0, 0.05) is 19.1 Å². The summed E-state index contributed by atoms with van der Waals surface area (Å²) in [6.07, 6.45) is 1.16. The summed E-state index contributed by atoms with van der Waals surface area (Å²) >= 11 is 0. The van der Waals surface area contributed by atoms with Gasteiger partial charge in [0.15, 0.2) is 11.6 Å². The van der Waals surface area contributed by atoms with Crippen LogP contribution in [0, 0.1) is 5.82 Å². The van der Waals surface area contributed by atoms with Crippen molar-refractivity contribution in [3.63, 3.8) is 0 Å². The second-order valence-electron chi connectivity index (χ2n) is 4.70. The van der Waals surface area contributed by atoms with Crippen LogP contribution in [0.4, 0.5) is 16.2 Å². The number of hydrogen-bond acceptors (Lipinski definition) is 5. The van der Waals surface area contributed by atoms with Gasteiger partial charge in [-0.05, 0) is 27.9 Å². The Morgan fingerprint density at radius 1 is 1.41 bits per heavy atom. The predicted molar refractivity (Wildman–Crippen MR) is 67.8 cm³/mol. The maximum atomic E-state index is 13.5. The number of anilines is 2. The second-order valence-corrected chi connectivity index (χ2v) is 4.70. The molecule has 0 saturated carbocycles. The third-order valence-electron chi connectivity index (χ3n) is 2.87. The number of aromatic nitrogens is 2. The van der Waals surface area contributed by atoms with Gasteiger partial charge in [-0.15, -0.1) is 0 Å². The van der Waals surface area contributed by atoms with Crippen LogP contribution in [-0.4, -0.2) is 48.1 Å². The smallest absolute Gasteiger partial charge is 0.224 e. The first-order chi connectivity index (χ1) is 7.86. The van der Waals surface area contributed by atoms with Gasteiger partial charge in [0.25, 0.3) is 0 Å². The van der Waals surface area contributed by atoms with E-state index in [1.807, 2.05) is 14.1 Å². The van der Waals surface area contributed by atoms with E-state index in [9.17, 15) is 4.39 Å². The van der Waals surface area contributed by atoms with Crippen molar-refractivity contribution in [2.75, 3.05) is 38.3 Å². The lowest BCUT2D eigenvalue weighted by molar-refractivity contribution is 0.209. The highest BCUT2D eigenvalue weighted by molar-refractivity contribution is 5.41. The van der Waals surface area contributed by atoms with Crippen LogP contribution in [0.5, 0.6) is 0 Å². The summed E-state index contributed by atoms with van der Waals surface area (Å²) in [5.41, 5.74) is -0.0861. The van der Waals surface area contributed by atoms with E-state index >= 15 is 0 Å². The highest BCUT2D eigenvalue weighted by Crippen LogP contribution is 2.15. The Morgan fingerprint density at radius 2 is 2.06 bits per heavy atom. The highest BCUT2D eigenvalue weighted by Gasteiger charge is 2.20. The molecular formula is C11H20FN5. The number of nitrogens with zero attached hydrogens (tertiary/aromatic N) is 3. The lowest BCUT2D eigenvalue weighted by Gasteiger charge is -2.32. The number of halogens is 1. The summed E-state index contributed by atoms with van der Waals surface area (Å²) in [6.45, 7) is 4.73. The minimum absolute atomic E-state index is 0.0861. The standard InChI is InChI=1S/C11H20FN5/c1-11(2,17(4)5)7-15-9-8(12)6-14-10(13-3)16-9/h6H,7H2,1-5H3,(H2,13,14,15,16). The molecule has 17 heavy (non-hydrogen) atoms. The highest BCUT2D eigenvalue weighted by atomic mass is 19.1. The largest absolute Gasteiger partial charge is 0.366 e. The van der Waals surface area contributed by atoms with Crippen molar-refractivity contribution in [3.8, 4) is 0 Å². The molecule has 96 valence electrons. The molecule has 0 fully saturated rings. The molecule has 1 heterocycles. The first-order valence-electron chi connectivity index (χ1n) is 5.48. The molecule has 2 N–H and O–H groups in total. The van der Waals surface area contributed by atoms with Crippen molar-refractivity contribution < 1.29 is 4.39 Å². The van der Waals surface area contributed by atoms with Crippen molar-refractivity contribution in [1.82, 2.24) is 14.9 Å². The summed E-state index contributed by atoms with van der Waals surface area (Å²) in [7, 11) is 5.66. The van der Waals surface area contributed by atoms with Crippen LogP contribution in [-0.2, 0) is 0 Å². The molecule has 0 aliphatic carbocycles.